The van der Waals surface area contributed by atoms with E-state index in [1.54, 1.807) is 5.38 Å². The predicted octanol–water partition coefficient (Wildman–Crippen LogP) is 5.09. The van der Waals surface area contributed by atoms with E-state index in [0.717, 1.165) is 23.8 Å². The Kier molecular flexibility index (Phi) is 4.94. The lowest BCUT2D eigenvalue weighted by Gasteiger charge is -2.13. The van der Waals surface area contributed by atoms with Crippen molar-refractivity contribution in [2.75, 3.05) is 12.4 Å². The number of hydrogen-bond acceptors (Lipinski definition) is 4. The first-order valence-electron chi connectivity index (χ1n) is 7.46. The highest BCUT2D eigenvalue weighted by Crippen LogP contribution is 2.35. The fourth-order valence-corrected chi connectivity index (χ4v) is 3.07. The van der Waals surface area contributed by atoms with Gasteiger partial charge in [-0.2, -0.15) is 13.2 Å². The van der Waals surface area contributed by atoms with Crippen LogP contribution in [0.4, 0.5) is 18.9 Å². The molecule has 0 radical (unpaired) electrons. The van der Waals surface area contributed by atoms with Crippen molar-refractivity contribution in [3.05, 3.63) is 65.2 Å². The molecule has 0 saturated carbocycles. The van der Waals surface area contributed by atoms with Crippen molar-refractivity contribution in [2.45, 2.75) is 6.18 Å². The van der Waals surface area contributed by atoms with Crippen molar-refractivity contribution in [3.63, 3.8) is 0 Å². The van der Waals surface area contributed by atoms with Crippen LogP contribution in [0.15, 0.2) is 53.9 Å². The number of hydrogen-bond donors (Lipinski definition) is 1. The van der Waals surface area contributed by atoms with E-state index >= 15 is 0 Å². The summed E-state index contributed by atoms with van der Waals surface area (Å²) in [6.07, 6.45) is -4.52. The van der Waals surface area contributed by atoms with Gasteiger partial charge in [-0.1, -0.05) is 30.3 Å². The Hall–Kier alpha value is -2.87. The maximum Gasteiger partial charge on any atom is 0.416 e. The van der Waals surface area contributed by atoms with Crippen molar-refractivity contribution >= 4 is 22.9 Å². The lowest BCUT2D eigenvalue weighted by atomic mass is 10.1. The molecule has 0 fully saturated rings. The second-order valence-electron chi connectivity index (χ2n) is 5.27. The number of rotatable bonds is 4. The third-order valence-electron chi connectivity index (χ3n) is 3.53. The largest absolute Gasteiger partial charge is 0.495 e. The monoisotopic (exact) mass is 378 g/mol. The van der Waals surface area contributed by atoms with E-state index < -0.39 is 17.6 Å². The van der Waals surface area contributed by atoms with Gasteiger partial charge in [0.1, 0.15) is 16.5 Å². The number of carbonyl (C=O) groups excluding carboxylic acids is 1. The van der Waals surface area contributed by atoms with Crippen LogP contribution in [0.25, 0.3) is 10.6 Å². The van der Waals surface area contributed by atoms with Crippen molar-refractivity contribution in [3.8, 4) is 16.3 Å². The Morgan fingerprint density at radius 2 is 1.88 bits per heavy atom. The fraction of sp³-hybridized carbons (Fsp3) is 0.111. The number of aromatic nitrogens is 1. The SMILES string of the molecule is COc1ccc(C(F)(F)F)cc1NC(=O)c1csc(-c2ccccc2)n1. The standard InChI is InChI=1S/C18H13F3N2O2S/c1-25-15-8-7-12(18(19,20)21)9-13(15)22-16(24)14-10-26-17(23-14)11-5-3-2-4-6-11/h2-10H,1H3,(H,22,24). The summed E-state index contributed by atoms with van der Waals surface area (Å²) in [6.45, 7) is 0. The normalized spacial score (nSPS) is 11.2. The van der Waals surface area contributed by atoms with Crippen LogP contribution in [-0.4, -0.2) is 18.0 Å². The van der Waals surface area contributed by atoms with Crippen molar-refractivity contribution in [1.29, 1.82) is 0 Å². The molecule has 0 aliphatic carbocycles. The van der Waals surface area contributed by atoms with E-state index in [-0.39, 0.29) is 17.1 Å². The van der Waals surface area contributed by atoms with Gasteiger partial charge in [-0.3, -0.25) is 4.79 Å². The Morgan fingerprint density at radius 1 is 1.15 bits per heavy atom. The minimum Gasteiger partial charge on any atom is -0.495 e. The smallest absolute Gasteiger partial charge is 0.416 e. The van der Waals surface area contributed by atoms with E-state index in [1.807, 2.05) is 30.3 Å². The summed E-state index contributed by atoms with van der Waals surface area (Å²) in [4.78, 5) is 16.6. The predicted molar refractivity (Wildman–Crippen MR) is 93.5 cm³/mol. The molecule has 0 spiro atoms. The third-order valence-corrected chi connectivity index (χ3v) is 4.42. The maximum absolute atomic E-state index is 12.9. The van der Waals surface area contributed by atoms with Crippen LogP contribution in [0, 0.1) is 0 Å². The molecule has 4 nitrogen and oxygen atoms in total. The van der Waals surface area contributed by atoms with E-state index in [0.29, 0.717) is 5.01 Å². The first-order valence-corrected chi connectivity index (χ1v) is 8.34. The highest BCUT2D eigenvalue weighted by atomic mass is 32.1. The lowest BCUT2D eigenvalue weighted by molar-refractivity contribution is -0.137. The highest BCUT2D eigenvalue weighted by Gasteiger charge is 2.31. The number of ether oxygens (including phenoxy) is 1. The summed E-state index contributed by atoms with van der Waals surface area (Å²) in [5.74, 6) is -0.481. The number of amides is 1. The van der Waals surface area contributed by atoms with Gasteiger partial charge in [0, 0.05) is 10.9 Å². The molecule has 134 valence electrons. The molecule has 0 bridgehead atoms. The fourth-order valence-electron chi connectivity index (χ4n) is 2.26. The zero-order valence-corrected chi connectivity index (χ0v) is 14.3. The molecule has 0 aliphatic heterocycles. The number of carbonyl (C=O) groups is 1. The second kappa shape index (κ2) is 7.17. The van der Waals surface area contributed by atoms with Crippen LogP contribution in [0.1, 0.15) is 16.1 Å². The average Bonchev–Trinajstić information content (AvgIpc) is 3.12. The lowest BCUT2D eigenvalue weighted by Crippen LogP contribution is -2.14. The summed E-state index contributed by atoms with van der Waals surface area (Å²) < 4.78 is 43.7. The Bertz CT molecular complexity index is 924. The van der Waals surface area contributed by atoms with Gasteiger partial charge in [0.05, 0.1) is 18.4 Å². The molecule has 8 heteroatoms. The van der Waals surface area contributed by atoms with Gasteiger partial charge in [0.15, 0.2) is 0 Å². The van der Waals surface area contributed by atoms with Gasteiger partial charge in [-0.05, 0) is 18.2 Å². The van der Waals surface area contributed by atoms with Crippen LogP contribution >= 0.6 is 11.3 Å². The Labute approximate surface area is 151 Å². The quantitative estimate of drug-likeness (QED) is 0.688. The molecule has 3 aromatic rings. The van der Waals surface area contributed by atoms with Crippen LogP contribution in [0.5, 0.6) is 5.75 Å². The molecule has 1 aromatic heterocycles. The van der Waals surface area contributed by atoms with Gasteiger partial charge >= 0.3 is 6.18 Å². The first-order chi connectivity index (χ1) is 12.4. The van der Waals surface area contributed by atoms with Gasteiger partial charge < -0.3 is 10.1 Å². The molecule has 2 aromatic carbocycles. The molecule has 1 N–H and O–H groups in total. The van der Waals surface area contributed by atoms with E-state index in [1.165, 1.54) is 18.4 Å². The molecular formula is C18H13F3N2O2S. The number of nitrogens with zero attached hydrogens (tertiary/aromatic N) is 1. The molecule has 0 unspecified atom stereocenters. The highest BCUT2D eigenvalue weighted by molar-refractivity contribution is 7.13. The summed E-state index contributed by atoms with van der Waals surface area (Å²) in [7, 11) is 1.31. The van der Waals surface area contributed by atoms with Crippen molar-refractivity contribution in [2.24, 2.45) is 0 Å². The van der Waals surface area contributed by atoms with Gasteiger partial charge in [-0.15, -0.1) is 11.3 Å². The number of thiazole rings is 1. The topological polar surface area (TPSA) is 51.2 Å². The van der Waals surface area contributed by atoms with Crippen LogP contribution in [0.2, 0.25) is 0 Å². The average molecular weight is 378 g/mol. The number of alkyl halides is 3. The molecule has 1 heterocycles. The van der Waals surface area contributed by atoms with Crippen LogP contribution in [0.3, 0.4) is 0 Å². The van der Waals surface area contributed by atoms with Gasteiger partial charge in [0.25, 0.3) is 5.91 Å². The minimum absolute atomic E-state index is 0.0680. The minimum atomic E-state index is -4.52. The number of nitrogens with one attached hydrogen (secondary N) is 1. The first kappa shape index (κ1) is 17.9. The zero-order chi connectivity index (χ0) is 18.7. The van der Waals surface area contributed by atoms with Crippen molar-refractivity contribution < 1.29 is 22.7 Å². The Morgan fingerprint density at radius 3 is 2.54 bits per heavy atom. The summed E-state index contributed by atoms with van der Waals surface area (Å²) in [6, 6.07) is 12.2. The van der Waals surface area contributed by atoms with E-state index in [4.69, 9.17) is 4.74 Å². The van der Waals surface area contributed by atoms with Crippen LogP contribution < -0.4 is 10.1 Å². The van der Waals surface area contributed by atoms with Crippen molar-refractivity contribution in [1.82, 2.24) is 4.98 Å². The molecule has 0 atom stereocenters. The number of benzene rings is 2. The zero-order valence-electron chi connectivity index (χ0n) is 13.5. The van der Waals surface area contributed by atoms with E-state index in [2.05, 4.69) is 10.3 Å². The second-order valence-corrected chi connectivity index (χ2v) is 6.13. The molecule has 0 aliphatic rings. The van der Waals surface area contributed by atoms with Gasteiger partial charge in [0.2, 0.25) is 0 Å². The van der Waals surface area contributed by atoms with Gasteiger partial charge in [-0.25, -0.2) is 4.98 Å². The molecule has 26 heavy (non-hydrogen) atoms. The maximum atomic E-state index is 12.9. The summed E-state index contributed by atoms with van der Waals surface area (Å²) in [5, 5.41) is 4.63. The molecule has 1 amide bonds. The molecular weight excluding hydrogens is 365 g/mol. The Balaban J connectivity index is 1.85. The van der Waals surface area contributed by atoms with E-state index in [9.17, 15) is 18.0 Å². The number of halogens is 3. The van der Waals surface area contributed by atoms with Crippen LogP contribution in [-0.2, 0) is 6.18 Å². The summed E-state index contributed by atoms with van der Waals surface area (Å²) >= 11 is 1.28. The summed E-state index contributed by atoms with van der Waals surface area (Å²) in [5.41, 5.74) is 0.0277. The third kappa shape index (κ3) is 3.85. The molecule has 3 rings (SSSR count). The molecule has 0 saturated heterocycles. The number of anilines is 1. The number of methoxy groups -OCH3 is 1.